The van der Waals surface area contributed by atoms with E-state index in [2.05, 4.69) is 9.71 Å². The van der Waals surface area contributed by atoms with E-state index in [4.69, 9.17) is 5.11 Å². The number of aromatic nitrogens is 1. The van der Waals surface area contributed by atoms with Crippen LogP contribution >= 0.6 is 11.3 Å². The monoisotopic (exact) mass is 348 g/mol. The maximum absolute atomic E-state index is 12.4. The maximum atomic E-state index is 12.4. The number of nitrogens with zero attached hydrogens (tertiary/aromatic N) is 1. The molecule has 8 heteroatoms. The number of para-hydroxylation sites is 1. The predicted molar refractivity (Wildman–Crippen MR) is 88.6 cm³/mol. The molecule has 0 fully saturated rings. The molecule has 118 valence electrons. The van der Waals surface area contributed by atoms with Crippen molar-refractivity contribution in [3.63, 3.8) is 0 Å². The summed E-state index contributed by atoms with van der Waals surface area (Å²) in [6.45, 7) is 1.90. The minimum absolute atomic E-state index is 0.0898. The van der Waals surface area contributed by atoms with E-state index < -0.39 is 16.0 Å². The second kappa shape index (κ2) is 5.64. The molecule has 2 aromatic carbocycles. The molecule has 0 aliphatic heterocycles. The number of hydrogen-bond acceptors (Lipinski definition) is 5. The molecule has 3 aromatic rings. The molecule has 3 rings (SSSR count). The molecule has 0 unspecified atom stereocenters. The van der Waals surface area contributed by atoms with Crippen molar-refractivity contribution in [2.75, 3.05) is 4.72 Å². The van der Waals surface area contributed by atoms with E-state index in [-0.39, 0.29) is 15.6 Å². The molecule has 0 spiro atoms. The van der Waals surface area contributed by atoms with E-state index in [1.54, 1.807) is 0 Å². The van der Waals surface area contributed by atoms with Crippen LogP contribution in [0.25, 0.3) is 10.2 Å². The minimum atomic E-state index is -3.90. The number of hydrogen-bond donors (Lipinski definition) is 2. The summed E-state index contributed by atoms with van der Waals surface area (Å²) >= 11 is 1.23. The van der Waals surface area contributed by atoms with Crippen LogP contribution in [-0.4, -0.2) is 24.5 Å². The highest BCUT2D eigenvalue weighted by Gasteiger charge is 2.18. The van der Waals surface area contributed by atoms with Crippen molar-refractivity contribution in [3.8, 4) is 0 Å². The van der Waals surface area contributed by atoms with Gasteiger partial charge < -0.3 is 5.11 Å². The number of carbonyl (C=O) groups is 1. The predicted octanol–water partition coefficient (Wildman–Crippen LogP) is 3.10. The van der Waals surface area contributed by atoms with Gasteiger partial charge in [-0.25, -0.2) is 18.2 Å². The molecule has 0 atom stereocenters. The summed E-state index contributed by atoms with van der Waals surface area (Å²) in [5, 5.41) is 9.21. The van der Waals surface area contributed by atoms with Crippen LogP contribution in [0.5, 0.6) is 0 Å². The standard InChI is InChI=1S/C15H12N2O4S2/c1-9-4-2-7-12-13(9)16-15(22-12)17-23(20,21)11-6-3-5-10(8-11)14(18)19/h2-8H,1H3,(H,16,17)(H,18,19). The van der Waals surface area contributed by atoms with E-state index >= 15 is 0 Å². The van der Waals surface area contributed by atoms with Gasteiger partial charge in [-0.05, 0) is 36.8 Å². The average Bonchev–Trinajstić information content (AvgIpc) is 2.90. The van der Waals surface area contributed by atoms with Gasteiger partial charge in [0.25, 0.3) is 10.0 Å². The zero-order valence-electron chi connectivity index (χ0n) is 12.0. The molecule has 2 N–H and O–H groups in total. The lowest BCUT2D eigenvalue weighted by Crippen LogP contribution is -2.13. The number of nitrogens with one attached hydrogen (secondary N) is 1. The van der Waals surface area contributed by atoms with E-state index in [0.29, 0.717) is 0 Å². The highest BCUT2D eigenvalue weighted by molar-refractivity contribution is 7.93. The summed E-state index contributed by atoms with van der Waals surface area (Å²) in [5.41, 5.74) is 1.61. The lowest BCUT2D eigenvalue weighted by Gasteiger charge is -2.05. The van der Waals surface area contributed by atoms with Gasteiger partial charge in [-0.1, -0.05) is 29.5 Å². The number of rotatable bonds is 4. The molecule has 0 aliphatic carbocycles. The normalized spacial score (nSPS) is 11.5. The second-order valence-corrected chi connectivity index (χ2v) is 7.59. The highest BCUT2D eigenvalue weighted by atomic mass is 32.2. The SMILES string of the molecule is Cc1cccc2sc(NS(=O)(=O)c3cccc(C(=O)O)c3)nc12. The van der Waals surface area contributed by atoms with Crippen LogP contribution in [-0.2, 0) is 10.0 Å². The van der Waals surface area contributed by atoms with Crippen molar-refractivity contribution >= 4 is 42.7 Å². The minimum Gasteiger partial charge on any atom is -0.478 e. The lowest BCUT2D eigenvalue weighted by atomic mass is 10.2. The highest BCUT2D eigenvalue weighted by Crippen LogP contribution is 2.29. The van der Waals surface area contributed by atoms with Crippen molar-refractivity contribution in [2.45, 2.75) is 11.8 Å². The molecule has 1 heterocycles. The van der Waals surface area contributed by atoms with Gasteiger partial charge in [0.05, 0.1) is 20.7 Å². The Bertz CT molecular complexity index is 1010. The molecule has 0 amide bonds. The van der Waals surface area contributed by atoms with Crippen molar-refractivity contribution < 1.29 is 18.3 Å². The Morgan fingerprint density at radius 2 is 1.96 bits per heavy atom. The third kappa shape index (κ3) is 3.03. The molecule has 23 heavy (non-hydrogen) atoms. The van der Waals surface area contributed by atoms with Gasteiger partial charge in [0.2, 0.25) is 0 Å². The Hall–Kier alpha value is -2.45. The number of anilines is 1. The van der Waals surface area contributed by atoms with E-state index in [0.717, 1.165) is 21.8 Å². The number of fused-ring (bicyclic) bond motifs is 1. The van der Waals surface area contributed by atoms with E-state index in [1.807, 2.05) is 25.1 Å². The first-order chi connectivity index (χ1) is 10.9. The largest absolute Gasteiger partial charge is 0.478 e. The Labute approximate surface area is 136 Å². The molecule has 0 saturated carbocycles. The van der Waals surface area contributed by atoms with E-state index in [1.165, 1.54) is 29.5 Å². The summed E-state index contributed by atoms with van der Waals surface area (Å²) in [4.78, 5) is 15.1. The Morgan fingerprint density at radius 1 is 1.22 bits per heavy atom. The fraction of sp³-hybridized carbons (Fsp3) is 0.0667. The number of benzene rings is 2. The third-order valence-corrected chi connectivity index (χ3v) is 5.64. The van der Waals surface area contributed by atoms with Gasteiger partial charge in [0, 0.05) is 0 Å². The summed E-state index contributed by atoms with van der Waals surface area (Å²) in [5.74, 6) is -1.18. The van der Waals surface area contributed by atoms with Crippen molar-refractivity contribution in [2.24, 2.45) is 0 Å². The molecule has 0 aliphatic rings. The smallest absolute Gasteiger partial charge is 0.335 e. The van der Waals surface area contributed by atoms with Crippen molar-refractivity contribution in [1.82, 2.24) is 4.98 Å². The first kappa shape index (κ1) is 15.4. The lowest BCUT2D eigenvalue weighted by molar-refractivity contribution is 0.0696. The molecular weight excluding hydrogens is 336 g/mol. The summed E-state index contributed by atoms with van der Waals surface area (Å²) < 4.78 is 28.1. The van der Waals surface area contributed by atoms with Gasteiger partial charge in [-0.15, -0.1) is 0 Å². The number of sulfonamides is 1. The molecule has 0 saturated heterocycles. The molecule has 0 bridgehead atoms. The Morgan fingerprint density at radius 3 is 2.65 bits per heavy atom. The molecule has 1 aromatic heterocycles. The van der Waals surface area contributed by atoms with Crippen LogP contribution in [0.1, 0.15) is 15.9 Å². The molecule has 6 nitrogen and oxygen atoms in total. The number of thiazole rings is 1. The average molecular weight is 348 g/mol. The van der Waals surface area contributed by atoms with Crippen molar-refractivity contribution in [1.29, 1.82) is 0 Å². The van der Waals surface area contributed by atoms with Gasteiger partial charge in [-0.2, -0.15) is 0 Å². The van der Waals surface area contributed by atoms with Gasteiger partial charge in [0.1, 0.15) is 0 Å². The van der Waals surface area contributed by atoms with Crippen LogP contribution < -0.4 is 4.72 Å². The van der Waals surface area contributed by atoms with Crippen LogP contribution in [0.15, 0.2) is 47.4 Å². The first-order valence-electron chi connectivity index (χ1n) is 6.59. The second-order valence-electron chi connectivity index (χ2n) is 4.88. The van der Waals surface area contributed by atoms with E-state index in [9.17, 15) is 13.2 Å². The van der Waals surface area contributed by atoms with Gasteiger partial charge in [-0.3, -0.25) is 4.72 Å². The van der Waals surface area contributed by atoms with Crippen LogP contribution in [0, 0.1) is 6.92 Å². The molecule has 0 radical (unpaired) electrons. The zero-order valence-corrected chi connectivity index (χ0v) is 13.6. The number of carboxylic acids is 1. The Kier molecular flexibility index (Phi) is 3.78. The molecular formula is C15H12N2O4S2. The van der Waals surface area contributed by atoms with Crippen LogP contribution in [0.2, 0.25) is 0 Å². The first-order valence-corrected chi connectivity index (χ1v) is 8.89. The van der Waals surface area contributed by atoms with Crippen LogP contribution in [0.3, 0.4) is 0 Å². The van der Waals surface area contributed by atoms with Gasteiger partial charge >= 0.3 is 5.97 Å². The van der Waals surface area contributed by atoms with Crippen LogP contribution in [0.4, 0.5) is 5.13 Å². The summed E-state index contributed by atoms with van der Waals surface area (Å²) in [6.07, 6.45) is 0. The summed E-state index contributed by atoms with van der Waals surface area (Å²) in [7, 11) is -3.90. The number of aromatic carboxylic acids is 1. The van der Waals surface area contributed by atoms with Crippen molar-refractivity contribution in [3.05, 3.63) is 53.6 Å². The zero-order chi connectivity index (χ0) is 16.6. The topological polar surface area (TPSA) is 96.4 Å². The van der Waals surface area contributed by atoms with Gasteiger partial charge in [0.15, 0.2) is 5.13 Å². The maximum Gasteiger partial charge on any atom is 0.335 e. The fourth-order valence-corrected chi connectivity index (χ4v) is 4.32. The Balaban J connectivity index is 1.98. The quantitative estimate of drug-likeness (QED) is 0.755. The number of aryl methyl sites for hydroxylation is 1. The third-order valence-electron chi connectivity index (χ3n) is 3.23. The fourth-order valence-electron chi connectivity index (χ4n) is 2.10. The number of carboxylic acid groups (broad SMARTS) is 1. The summed E-state index contributed by atoms with van der Waals surface area (Å²) in [6, 6.07) is 10.8.